The number of nitrogens with two attached hydrogens (primary N) is 1. The van der Waals surface area contributed by atoms with E-state index in [1.807, 2.05) is 37.3 Å². The van der Waals surface area contributed by atoms with Crippen LogP contribution < -0.4 is 11.1 Å². The number of hydrogen-bond donors (Lipinski definition) is 2. The van der Waals surface area contributed by atoms with Gasteiger partial charge >= 0.3 is 0 Å². The molecule has 0 saturated carbocycles. The molecule has 1 saturated heterocycles. The van der Waals surface area contributed by atoms with Gasteiger partial charge in [-0.05, 0) is 37.8 Å². The molecule has 1 fully saturated rings. The van der Waals surface area contributed by atoms with Crippen LogP contribution in [0.5, 0.6) is 0 Å². The molecule has 0 radical (unpaired) electrons. The fourth-order valence-corrected chi connectivity index (χ4v) is 3.29. The van der Waals surface area contributed by atoms with Crippen molar-refractivity contribution in [1.29, 1.82) is 0 Å². The van der Waals surface area contributed by atoms with Crippen molar-refractivity contribution in [2.75, 3.05) is 19.6 Å². The normalized spacial score (nSPS) is 21.2. The summed E-state index contributed by atoms with van der Waals surface area (Å²) < 4.78 is 0. The lowest BCUT2D eigenvalue weighted by molar-refractivity contribution is -0.125. The van der Waals surface area contributed by atoms with Gasteiger partial charge in [-0.1, -0.05) is 44.2 Å². The van der Waals surface area contributed by atoms with E-state index >= 15 is 0 Å². The first kappa shape index (κ1) is 24.2. The van der Waals surface area contributed by atoms with Crippen LogP contribution in [0, 0.1) is 11.8 Å². The predicted octanol–water partition coefficient (Wildman–Crippen LogP) is 3.40. The van der Waals surface area contributed by atoms with Gasteiger partial charge in [0, 0.05) is 25.2 Å². The second-order valence-corrected chi connectivity index (χ2v) is 7.06. The summed E-state index contributed by atoms with van der Waals surface area (Å²) in [6, 6.07) is 9.95. The molecule has 1 aromatic rings. The molecule has 4 atom stereocenters. The van der Waals surface area contributed by atoms with Gasteiger partial charge in [0.05, 0.1) is 5.92 Å². The number of rotatable bonds is 6. The van der Waals surface area contributed by atoms with Crippen molar-refractivity contribution in [3.63, 3.8) is 0 Å². The van der Waals surface area contributed by atoms with E-state index in [1.54, 1.807) is 0 Å². The lowest BCUT2D eigenvalue weighted by atomic mass is 9.94. The highest BCUT2D eigenvalue weighted by Gasteiger charge is 2.24. The molecule has 1 aliphatic heterocycles. The van der Waals surface area contributed by atoms with Gasteiger partial charge in [0.2, 0.25) is 5.91 Å². The average Bonchev–Trinajstić information content (AvgIpc) is 2.58. The van der Waals surface area contributed by atoms with Crippen molar-refractivity contribution in [2.45, 2.75) is 45.7 Å². The lowest BCUT2D eigenvalue weighted by Gasteiger charge is -2.35. The molecule has 3 N–H and O–H groups in total. The second kappa shape index (κ2) is 11.7. The van der Waals surface area contributed by atoms with E-state index in [1.165, 1.54) is 12.8 Å². The van der Waals surface area contributed by atoms with E-state index in [-0.39, 0.29) is 42.7 Å². The van der Waals surface area contributed by atoms with Gasteiger partial charge in [-0.25, -0.2) is 0 Å². The molecule has 6 heteroatoms. The monoisotopic (exact) mass is 389 g/mol. The Labute approximate surface area is 164 Å². The number of benzene rings is 1. The Morgan fingerprint density at radius 1 is 1.28 bits per heavy atom. The summed E-state index contributed by atoms with van der Waals surface area (Å²) >= 11 is 0. The smallest absolute Gasteiger partial charge is 0.224 e. The molecule has 0 aliphatic carbocycles. The number of nitrogens with one attached hydrogen (secondary N) is 1. The summed E-state index contributed by atoms with van der Waals surface area (Å²) in [4.78, 5) is 14.9. The molecule has 1 aliphatic rings. The maximum absolute atomic E-state index is 12.4. The van der Waals surface area contributed by atoms with E-state index < -0.39 is 0 Å². The number of nitrogens with zero attached hydrogens (tertiary/aromatic N) is 1. The molecule has 1 amide bonds. The fraction of sp³-hybridized carbons (Fsp3) is 0.632. The zero-order chi connectivity index (χ0) is 16.8. The number of likely N-dealkylation sites (tertiary alicyclic amines) is 1. The van der Waals surface area contributed by atoms with Crippen LogP contribution in [0.15, 0.2) is 30.3 Å². The van der Waals surface area contributed by atoms with Crippen molar-refractivity contribution in [3.05, 3.63) is 35.9 Å². The van der Waals surface area contributed by atoms with Crippen LogP contribution in [0.1, 0.15) is 45.2 Å². The number of carbonyl (C=O) groups excluding carboxylic acids is 1. The van der Waals surface area contributed by atoms with Gasteiger partial charge < -0.3 is 11.1 Å². The molecule has 4 unspecified atom stereocenters. The van der Waals surface area contributed by atoms with Crippen LogP contribution in [0.4, 0.5) is 0 Å². The highest BCUT2D eigenvalue weighted by atomic mass is 35.5. The quantitative estimate of drug-likeness (QED) is 0.783. The zero-order valence-electron chi connectivity index (χ0n) is 15.5. The van der Waals surface area contributed by atoms with Crippen LogP contribution in [-0.4, -0.2) is 36.5 Å². The summed E-state index contributed by atoms with van der Waals surface area (Å²) in [5, 5.41) is 3.08. The fourth-order valence-electron chi connectivity index (χ4n) is 3.29. The van der Waals surface area contributed by atoms with Crippen LogP contribution in [0.25, 0.3) is 0 Å². The second-order valence-electron chi connectivity index (χ2n) is 7.06. The first-order chi connectivity index (χ1) is 11.0. The third-order valence-corrected chi connectivity index (χ3v) is 5.02. The molecule has 0 aromatic heterocycles. The van der Waals surface area contributed by atoms with Crippen molar-refractivity contribution < 1.29 is 4.79 Å². The Morgan fingerprint density at radius 3 is 2.52 bits per heavy atom. The standard InChI is InChI=1S/C19H31N3O.2ClH/c1-14-8-7-11-22(13-14)15(2)12-21-19(23)16(3)18(20)17-9-5-4-6-10-17;;/h4-6,9-10,14-16,18H,7-8,11-13,20H2,1-3H3,(H,21,23);2*1H. The SMILES string of the molecule is CC1CCCN(C(C)CNC(=O)C(C)C(N)c2ccccc2)C1.Cl.Cl. The van der Waals surface area contributed by atoms with E-state index in [4.69, 9.17) is 5.73 Å². The minimum Gasteiger partial charge on any atom is -0.354 e. The maximum Gasteiger partial charge on any atom is 0.224 e. The Balaban J connectivity index is 0.00000288. The van der Waals surface area contributed by atoms with Crippen molar-refractivity contribution in [3.8, 4) is 0 Å². The van der Waals surface area contributed by atoms with Crippen LogP contribution in [0.3, 0.4) is 0 Å². The van der Waals surface area contributed by atoms with Gasteiger partial charge in [-0.2, -0.15) is 0 Å². The molecule has 1 heterocycles. The third kappa shape index (κ3) is 7.14. The average molecular weight is 390 g/mol. The number of halogens is 2. The van der Waals surface area contributed by atoms with Gasteiger partial charge in [0.15, 0.2) is 0 Å². The summed E-state index contributed by atoms with van der Waals surface area (Å²) in [7, 11) is 0. The van der Waals surface area contributed by atoms with Gasteiger partial charge in [0.25, 0.3) is 0 Å². The molecule has 1 aromatic carbocycles. The Morgan fingerprint density at radius 2 is 1.92 bits per heavy atom. The van der Waals surface area contributed by atoms with Crippen molar-refractivity contribution in [1.82, 2.24) is 10.2 Å². The minimum atomic E-state index is -0.262. The summed E-state index contributed by atoms with van der Waals surface area (Å²) in [5.41, 5.74) is 7.24. The van der Waals surface area contributed by atoms with E-state index in [2.05, 4.69) is 24.1 Å². The van der Waals surface area contributed by atoms with Crippen molar-refractivity contribution in [2.24, 2.45) is 17.6 Å². The molecule has 0 bridgehead atoms. The maximum atomic E-state index is 12.4. The third-order valence-electron chi connectivity index (χ3n) is 5.02. The highest BCUT2D eigenvalue weighted by Crippen LogP contribution is 2.20. The minimum absolute atomic E-state index is 0. The number of carbonyl (C=O) groups is 1. The Kier molecular flexibility index (Phi) is 11.4. The number of amides is 1. The highest BCUT2D eigenvalue weighted by molar-refractivity contribution is 5.85. The molecule has 2 rings (SSSR count). The number of hydrogen-bond acceptors (Lipinski definition) is 3. The first-order valence-corrected chi connectivity index (χ1v) is 8.81. The summed E-state index contributed by atoms with van der Waals surface area (Å²) in [6.45, 7) is 9.37. The molecular formula is C19H33Cl2N3O. The molecule has 4 nitrogen and oxygen atoms in total. The summed E-state index contributed by atoms with van der Waals surface area (Å²) in [6.07, 6.45) is 2.58. The predicted molar refractivity (Wildman–Crippen MR) is 109 cm³/mol. The molecule has 25 heavy (non-hydrogen) atoms. The van der Waals surface area contributed by atoms with Gasteiger partial charge in [-0.3, -0.25) is 9.69 Å². The first-order valence-electron chi connectivity index (χ1n) is 8.81. The van der Waals surface area contributed by atoms with Crippen molar-refractivity contribution >= 4 is 30.7 Å². The van der Waals surface area contributed by atoms with E-state index in [9.17, 15) is 4.79 Å². The number of piperidine rings is 1. The van der Waals surface area contributed by atoms with E-state index in [0.717, 1.165) is 24.6 Å². The van der Waals surface area contributed by atoms with E-state index in [0.29, 0.717) is 12.6 Å². The molecular weight excluding hydrogens is 357 g/mol. The van der Waals surface area contributed by atoms with Crippen LogP contribution >= 0.6 is 24.8 Å². The van der Waals surface area contributed by atoms with Crippen LogP contribution in [-0.2, 0) is 4.79 Å². The largest absolute Gasteiger partial charge is 0.354 e. The Bertz CT molecular complexity index is 501. The zero-order valence-corrected chi connectivity index (χ0v) is 17.1. The summed E-state index contributed by atoms with van der Waals surface area (Å²) in [5.74, 6) is 0.565. The molecule has 144 valence electrons. The lowest BCUT2D eigenvalue weighted by Crippen LogP contribution is -2.47. The van der Waals surface area contributed by atoms with Crippen LogP contribution in [0.2, 0.25) is 0 Å². The topological polar surface area (TPSA) is 58.4 Å². The van der Waals surface area contributed by atoms with Gasteiger partial charge in [-0.15, -0.1) is 24.8 Å². The molecule has 0 spiro atoms. The van der Waals surface area contributed by atoms with Gasteiger partial charge in [0.1, 0.15) is 0 Å². The Hall–Kier alpha value is -0.810.